The Morgan fingerprint density at radius 3 is 2.12 bits per heavy atom. The number of thiol groups is 1. The minimum Gasteiger partial charge on any atom is -0.444 e. The standard InChI is InChI=1S/C32H41N3O4S/c1-20-13-16-25(21(2)17-20)27(28(36)33-24-15-14-22-11-9-10-12-23(22)18-24)35(31(3,4)5)29(37)26(19-40)34-30(38)39-32(6,7)8/h9-18,26-27,40H,19H2,1-8H3,(H,33,36)(H,34,38). The molecule has 0 aliphatic rings. The summed E-state index contributed by atoms with van der Waals surface area (Å²) in [6.07, 6.45) is -0.725. The number of ether oxygens (including phenoxy) is 1. The van der Waals surface area contributed by atoms with Gasteiger partial charge in [0.05, 0.1) is 0 Å². The Bertz CT molecular complexity index is 1390. The number of anilines is 1. The number of rotatable bonds is 7. The fraction of sp³-hybridized carbons (Fsp3) is 0.406. The third kappa shape index (κ3) is 7.78. The van der Waals surface area contributed by atoms with E-state index in [-0.39, 0.29) is 11.7 Å². The molecule has 0 bridgehead atoms. The molecule has 0 saturated carbocycles. The van der Waals surface area contributed by atoms with Crippen LogP contribution in [0.2, 0.25) is 0 Å². The lowest BCUT2D eigenvalue weighted by atomic mass is 9.92. The van der Waals surface area contributed by atoms with E-state index >= 15 is 0 Å². The highest BCUT2D eigenvalue weighted by Gasteiger charge is 2.42. The van der Waals surface area contributed by atoms with E-state index in [4.69, 9.17) is 4.74 Å². The van der Waals surface area contributed by atoms with Crippen molar-refractivity contribution >= 4 is 47.0 Å². The Kier molecular flexibility index (Phi) is 9.56. The van der Waals surface area contributed by atoms with Crippen molar-refractivity contribution in [2.45, 2.75) is 78.6 Å². The van der Waals surface area contributed by atoms with Crippen molar-refractivity contribution in [3.8, 4) is 0 Å². The number of hydrogen-bond donors (Lipinski definition) is 3. The summed E-state index contributed by atoms with van der Waals surface area (Å²) in [5, 5.41) is 7.75. The van der Waals surface area contributed by atoms with E-state index in [0.717, 1.165) is 21.9 Å². The molecule has 3 aromatic carbocycles. The number of amides is 3. The average molecular weight is 564 g/mol. The molecule has 0 aromatic heterocycles. The van der Waals surface area contributed by atoms with Crippen LogP contribution in [-0.2, 0) is 14.3 Å². The van der Waals surface area contributed by atoms with E-state index in [0.29, 0.717) is 11.3 Å². The number of alkyl carbamates (subject to hydrolysis) is 1. The number of aryl methyl sites for hydroxylation is 2. The Morgan fingerprint density at radius 2 is 1.55 bits per heavy atom. The maximum Gasteiger partial charge on any atom is 0.408 e. The number of fused-ring (bicyclic) bond motifs is 1. The maximum absolute atomic E-state index is 14.2. The summed E-state index contributed by atoms with van der Waals surface area (Å²) in [5.41, 5.74) is 1.71. The molecule has 3 rings (SSSR count). The number of nitrogens with one attached hydrogen (secondary N) is 2. The molecule has 7 nitrogen and oxygen atoms in total. The van der Waals surface area contributed by atoms with E-state index in [1.54, 1.807) is 25.7 Å². The average Bonchev–Trinajstić information content (AvgIpc) is 2.84. The second kappa shape index (κ2) is 12.3. The Morgan fingerprint density at radius 1 is 0.900 bits per heavy atom. The second-order valence-corrected chi connectivity index (χ2v) is 12.4. The molecular formula is C32H41N3O4S. The van der Waals surface area contributed by atoms with Crippen LogP contribution in [-0.4, -0.2) is 45.7 Å². The number of carbonyl (C=O) groups excluding carboxylic acids is 3. The van der Waals surface area contributed by atoms with E-state index in [2.05, 4.69) is 23.3 Å². The maximum atomic E-state index is 14.2. The van der Waals surface area contributed by atoms with Crippen LogP contribution in [0.4, 0.5) is 10.5 Å². The van der Waals surface area contributed by atoms with Gasteiger partial charge in [0.2, 0.25) is 5.91 Å². The predicted octanol–water partition coefficient (Wildman–Crippen LogP) is 6.59. The monoisotopic (exact) mass is 563 g/mol. The van der Waals surface area contributed by atoms with Gasteiger partial charge in [-0.25, -0.2) is 4.79 Å². The Hall–Kier alpha value is -3.52. The van der Waals surface area contributed by atoms with Crippen molar-refractivity contribution in [2.24, 2.45) is 0 Å². The fourth-order valence-electron chi connectivity index (χ4n) is 4.66. The van der Waals surface area contributed by atoms with Crippen molar-refractivity contribution < 1.29 is 19.1 Å². The lowest BCUT2D eigenvalue weighted by Crippen LogP contribution is -2.58. The molecule has 0 aliphatic heterocycles. The Labute approximate surface area is 243 Å². The summed E-state index contributed by atoms with van der Waals surface area (Å²) in [6.45, 7) is 14.8. The zero-order chi connectivity index (χ0) is 29.8. The molecule has 2 N–H and O–H groups in total. The van der Waals surface area contributed by atoms with Gasteiger partial charge in [-0.2, -0.15) is 12.6 Å². The molecule has 2 atom stereocenters. The van der Waals surface area contributed by atoms with Crippen LogP contribution >= 0.6 is 12.6 Å². The minimum absolute atomic E-state index is 0.0244. The molecule has 0 spiro atoms. The zero-order valence-corrected chi connectivity index (χ0v) is 25.6. The van der Waals surface area contributed by atoms with Gasteiger partial charge < -0.3 is 20.3 Å². The van der Waals surface area contributed by atoms with Gasteiger partial charge in [0.15, 0.2) is 0 Å². The van der Waals surface area contributed by atoms with E-state index in [9.17, 15) is 14.4 Å². The number of carbonyl (C=O) groups is 3. The second-order valence-electron chi connectivity index (χ2n) is 12.1. The minimum atomic E-state index is -1.01. The molecule has 8 heteroatoms. The molecule has 0 heterocycles. The van der Waals surface area contributed by atoms with Crippen LogP contribution < -0.4 is 10.6 Å². The lowest BCUT2D eigenvalue weighted by molar-refractivity contribution is -0.146. The summed E-state index contributed by atoms with van der Waals surface area (Å²) in [4.78, 5) is 42.5. The quantitative estimate of drug-likeness (QED) is 0.283. The van der Waals surface area contributed by atoms with Gasteiger partial charge in [0, 0.05) is 17.0 Å². The number of hydrogen-bond acceptors (Lipinski definition) is 5. The molecule has 0 saturated heterocycles. The smallest absolute Gasteiger partial charge is 0.408 e. The van der Waals surface area contributed by atoms with Gasteiger partial charge in [0.1, 0.15) is 17.7 Å². The van der Waals surface area contributed by atoms with Crippen LogP contribution in [0.3, 0.4) is 0 Å². The van der Waals surface area contributed by atoms with Gasteiger partial charge in [-0.1, -0.05) is 54.1 Å². The number of nitrogens with zero attached hydrogens (tertiary/aromatic N) is 1. The van der Waals surface area contributed by atoms with Crippen molar-refractivity contribution in [1.29, 1.82) is 0 Å². The van der Waals surface area contributed by atoms with Crippen LogP contribution in [0.5, 0.6) is 0 Å². The van der Waals surface area contributed by atoms with Gasteiger partial charge in [-0.05, 0) is 89.4 Å². The summed E-state index contributed by atoms with van der Waals surface area (Å²) in [5.74, 6) is -0.774. The Balaban J connectivity index is 2.07. The van der Waals surface area contributed by atoms with Crippen molar-refractivity contribution in [3.05, 3.63) is 77.4 Å². The molecular weight excluding hydrogens is 522 g/mol. The molecule has 40 heavy (non-hydrogen) atoms. The summed E-state index contributed by atoms with van der Waals surface area (Å²) in [6, 6.07) is 17.4. The molecule has 3 amide bonds. The van der Waals surface area contributed by atoms with E-state index in [1.165, 1.54) is 0 Å². The molecule has 3 aromatic rings. The highest BCUT2D eigenvalue weighted by molar-refractivity contribution is 7.80. The number of benzene rings is 3. The highest BCUT2D eigenvalue weighted by atomic mass is 32.1. The third-order valence-corrected chi connectivity index (χ3v) is 6.74. The van der Waals surface area contributed by atoms with E-state index < -0.39 is 35.2 Å². The van der Waals surface area contributed by atoms with Crippen LogP contribution in [0.1, 0.15) is 64.3 Å². The molecule has 2 unspecified atom stereocenters. The SMILES string of the molecule is Cc1ccc(C(C(=O)Nc2ccc3ccccc3c2)N(C(=O)C(CS)NC(=O)OC(C)(C)C)C(C)(C)C)c(C)c1. The fourth-order valence-corrected chi connectivity index (χ4v) is 4.90. The van der Waals surface area contributed by atoms with Crippen molar-refractivity contribution in [3.63, 3.8) is 0 Å². The molecule has 214 valence electrons. The van der Waals surface area contributed by atoms with Crippen molar-refractivity contribution in [2.75, 3.05) is 11.1 Å². The first-order valence-electron chi connectivity index (χ1n) is 13.4. The highest BCUT2D eigenvalue weighted by Crippen LogP contribution is 2.33. The predicted molar refractivity (Wildman–Crippen MR) is 165 cm³/mol. The normalized spacial score (nSPS) is 13.3. The summed E-state index contributed by atoms with van der Waals surface area (Å²) >= 11 is 4.37. The van der Waals surface area contributed by atoms with Crippen LogP contribution in [0, 0.1) is 13.8 Å². The zero-order valence-electron chi connectivity index (χ0n) is 24.7. The van der Waals surface area contributed by atoms with Gasteiger partial charge in [-0.3, -0.25) is 9.59 Å². The lowest BCUT2D eigenvalue weighted by Gasteiger charge is -2.43. The first-order valence-corrected chi connectivity index (χ1v) is 14.0. The molecule has 0 radical (unpaired) electrons. The first kappa shape index (κ1) is 31.0. The summed E-state index contributed by atoms with van der Waals surface area (Å²) in [7, 11) is 0. The van der Waals surface area contributed by atoms with Crippen molar-refractivity contribution in [1.82, 2.24) is 10.2 Å². The molecule has 0 fully saturated rings. The molecule has 0 aliphatic carbocycles. The summed E-state index contributed by atoms with van der Waals surface area (Å²) < 4.78 is 5.39. The van der Waals surface area contributed by atoms with E-state index in [1.807, 2.05) is 95.3 Å². The van der Waals surface area contributed by atoms with Gasteiger partial charge in [-0.15, -0.1) is 0 Å². The largest absolute Gasteiger partial charge is 0.444 e. The third-order valence-electron chi connectivity index (χ3n) is 6.38. The van der Waals surface area contributed by atoms with Gasteiger partial charge in [0.25, 0.3) is 5.91 Å². The van der Waals surface area contributed by atoms with Crippen LogP contribution in [0.25, 0.3) is 10.8 Å². The van der Waals surface area contributed by atoms with Crippen LogP contribution in [0.15, 0.2) is 60.7 Å². The van der Waals surface area contributed by atoms with Gasteiger partial charge >= 0.3 is 6.09 Å². The topological polar surface area (TPSA) is 87.7 Å². The first-order chi connectivity index (χ1) is 18.6.